The van der Waals surface area contributed by atoms with E-state index in [1.807, 2.05) is 39.0 Å². The summed E-state index contributed by atoms with van der Waals surface area (Å²) in [4.78, 5) is 5.66. The number of pyridine rings is 1. The monoisotopic (exact) mass is 303 g/mol. The number of rotatable bonds is 4. The molecule has 0 aliphatic rings. The van der Waals surface area contributed by atoms with Gasteiger partial charge in [0.25, 0.3) is 0 Å². The number of thioether (sulfide) groups is 1. The molecular formula is C16H21N3OS. The van der Waals surface area contributed by atoms with Gasteiger partial charge in [-0.15, -0.1) is 11.8 Å². The zero-order valence-electron chi connectivity index (χ0n) is 12.8. The first-order valence-corrected chi connectivity index (χ1v) is 7.96. The quantitative estimate of drug-likeness (QED) is 0.824. The fourth-order valence-electron chi connectivity index (χ4n) is 1.71. The van der Waals surface area contributed by atoms with Crippen molar-refractivity contribution in [3.05, 3.63) is 36.4 Å². The number of hydrogen-bond acceptors (Lipinski definition) is 5. The minimum Gasteiger partial charge on any atom is -0.470 e. The van der Waals surface area contributed by atoms with Gasteiger partial charge < -0.3 is 15.8 Å². The summed E-state index contributed by atoms with van der Waals surface area (Å²) in [6.07, 6.45) is 2.06. The van der Waals surface area contributed by atoms with E-state index in [9.17, 15) is 0 Å². The lowest BCUT2D eigenvalue weighted by molar-refractivity contribution is 0.125. The Bertz CT molecular complexity index is 606. The second kappa shape index (κ2) is 6.26. The van der Waals surface area contributed by atoms with Gasteiger partial charge in [-0.2, -0.15) is 4.98 Å². The van der Waals surface area contributed by atoms with Gasteiger partial charge in [-0.1, -0.05) is 0 Å². The van der Waals surface area contributed by atoms with Crippen molar-refractivity contribution in [1.82, 2.24) is 4.98 Å². The summed E-state index contributed by atoms with van der Waals surface area (Å²) in [5.41, 5.74) is 7.09. The highest BCUT2D eigenvalue weighted by molar-refractivity contribution is 7.98. The largest absolute Gasteiger partial charge is 0.470 e. The summed E-state index contributed by atoms with van der Waals surface area (Å²) in [7, 11) is 0. The molecule has 0 spiro atoms. The minimum absolute atomic E-state index is 0.334. The van der Waals surface area contributed by atoms with E-state index in [-0.39, 0.29) is 5.60 Å². The van der Waals surface area contributed by atoms with Crippen LogP contribution < -0.4 is 15.8 Å². The highest BCUT2D eigenvalue weighted by Gasteiger charge is 2.15. The zero-order valence-corrected chi connectivity index (χ0v) is 13.6. The maximum absolute atomic E-state index is 5.91. The Kier molecular flexibility index (Phi) is 4.63. The van der Waals surface area contributed by atoms with Crippen LogP contribution in [0.5, 0.6) is 5.88 Å². The first-order valence-electron chi connectivity index (χ1n) is 6.74. The predicted octanol–water partition coefficient (Wildman–Crippen LogP) is 4.31. The van der Waals surface area contributed by atoms with Gasteiger partial charge in [0.1, 0.15) is 11.4 Å². The fourth-order valence-corrected chi connectivity index (χ4v) is 2.12. The number of nitrogen functional groups attached to an aromatic ring is 1. The molecule has 1 aromatic heterocycles. The highest BCUT2D eigenvalue weighted by atomic mass is 32.2. The van der Waals surface area contributed by atoms with Gasteiger partial charge in [0.05, 0.1) is 5.69 Å². The van der Waals surface area contributed by atoms with Crippen LogP contribution in [-0.4, -0.2) is 16.8 Å². The summed E-state index contributed by atoms with van der Waals surface area (Å²) < 4.78 is 5.77. The molecule has 0 saturated carbocycles. The lowest BCUT2D eigenvalue weighted by Gasteiger charge is -2.21. The van der Waals surface area contributed by atoms with E-state index in [4.69, 9.17) is 10.5 Å². The molecule has 0 amide bonds. The van der Waals surface area contributed by atoms with Gasteiger partial charge in [-0.3, -0.25) is 0 Å². The number of benzene rings is 1. The average molecular weight is 303 g/mol. The van der Waals surface area contributed by atoms with E-state index in [0.717, 1.165) is 5.69 Å². The maximum Gasteiger partial charge on any atom is 0.239 e. The second-order valence-corrected chi connectivity index (χ2v) is 6.54. The van der Waals surface area contributed by atoms with Crippen LogP contribution in [-0.2, 0) is 0 Å². The Morgan fingerprint density at radius 1 is 1.10 bits per heavy atom. The zero-order chi connectivity index (χ0) is 15.5. The summed E-state index contributed by atoms with van der Waals surface area (Å²) in [6.45, 7) is 5.90. The maximum atomic E-state index is 5.91. The summed E-state index contributed by atoms with van der Waals surface area (Å²) in [5, 5.41) is 3.25. The van der Waals surface area contributed by atoms with Crippen molar-refractivity contribution >= 4 is 29.0 Å². The van der Waals surface area contributed by atoms with Crippen LogP contribution >= 0.6 is 11.8 Å². The molecule has 0 bridgehead atoms. The molecule has 0 radical (unpaired) electrons. The SMILES string of the molecule is CSc1ccc(Nc2ccc(N)c(OC(C)(C)C)n2)cc1. The van der Waals surface area contributed by atoms with Crippen LogP contribution in [0.2, 0.25) is 0 Å². The number of aromatic nitrogens is 1. The Morgan fingerprint density at radius 2 is 1.76 bits per heavy atom. The Balaban J connectivity index is 2.18. The van der Waals surface area contributed by atoms with Crippen LogP contribution in [0.15, 0.2) is 41.3 Å². The van der Waals surface area contributed by atoms with Crippen LogP contribution in [0.4, 0.5) is 17.2 Å². The third-order valence-corrected chi connectivity index (χ3v) is 3.40. The normalized spacial score (nSPS) is 11.2. The molecule has 0 fully saturated rings. The molecule has 1 heterocycles. The Morgan fingerprint density at radius 3 is 2.33 bits per heavy atom. The molecule has 0 atom stereocenters. The van der Waals surface area contributed by atoms with E-state index < -0.39 is 0 Å². The molecule has 2 rings (SSSR count). The average Bonchev–Trinajstić information content (AvgIpc) is 2.42. The van der Waals surface area contributed by atoms with Gasteiger partial charge >= 0.3 is 0 Å². The van der Waals surface area contributed by atoms with Crippen molar-refractivity contribution in [2.45, 2.75) is 31.3 Å². The molecule has 0 unspecified atom stereocenters. The van der Waals surface area contributed by atoms with E-state index in [2.05, 4.69) is 28.7 Å². The van der Waals surface area contributed by atoms with E-state index in [1.54, 1.807) is 17.8 Å². The van der Waals surface area contributed by atoms with Crippen molar-refractivity contribution < 1.29 is 4.74 Å². The van der Waals surface area contributed by atoms with Gasteiger partial charge in [0, 0.05) is 10.6 Å². The topological polar surface area (TPSA) is 60.2 Å². The van der Waals surface area contributed by atoms with Gasteiger partial charge in [0.15, 0.2) is 0 Å². The van der Waals surface area contributed by atoms with Crippen molar-refractivity contribution in [2.24, 2.45) is 0 Å². The first kappa shape index (κ1) is 15.5. The Labute approximate surface area is 130 Å². The van der Waals surface area contributed by atoms with E-state index in [0.29, 0.717) is 17.4 Å². The molecule has 1 aromatic carbocycles. The van der Waals surface area contributed by atoms with Crippen molar-refractivity contribution in [3.8, 4) is 5.88 Å². The number of ether oxygens (including phenoxy) is 1. The fraction of sp³-hybridized carbons (Fsp3) is 0.312. The summed E-state index contributed by atoms with van der Waals surface area (Å²) >= 11 is 1.71. The standard InChI is InChI=1S/C16H21N3OS/c1-16(2,3)20-15-13(17)9-10-14(19-15)18-11-5-7-12(21-4)8-6-11/h5-10H,17H2,1-4H3,(H,18,19). The number of hydrogen-bond donors (Lipinski definition) is 2. The third kappa shape index (κ3) is 4.56. The van der Waals surface area contributed by atoms with Gasteiger partial charge in [-0.05, 0) is 63.4 Å². The lowest BCUT2D eigenvalue weighted by Crippen LogP contribution is -2.24. The predicted molar refractivity (Wildman–Crippen MR) is 90.5 cm³/mol. The van der Waals surface area contributed by atoms with Crippen LogP contribution in [0.25, 0.3) is 0 Å². The van der Waals surface area contributed by atoms with Crippen LogP contribution in [0, 0.1) is 0 Å². The molecule has 112 valence electrons. The lowest BCUT2D eigenvalue weighted by atomic mass is 10.2. The van der Waals surface area contributed by atoms with Crippen LogP contribution in [0.1, 0.15) is 20.8 Å². The molecule has 3 N–H and O–H groups in total. The summed E-state index contributed by atoms with van der Waals surface area (Å²) in [6, 6.07) is 11.8. The Hall–Kier alpha value is -1.88. The smallest absolute Gasteiger partial charge is 0.239 e. The highest BCUT2D eigenvalue weighted by Crippen LogP contribution is 2.27. The summed E-state index contributed by atoms with van der Waals surface area (Å²) in [5.74, 6) is 1.16. The molecule has 4 nitrogen and oxygen atoms in total. The number of nitrogens with two attached hydrogens (primary N) is 1. The molecule has 0 saturated heterocycles. The minimum atomic E-state index is -0.334. The molecule has 2 aromatic rings. The third-order valence-electron chi connectivity index (χ3n) is 2.65. The number of nitrogens with one attached hydrogen (secondary N) is 1. The van der Waals surface area contributed by atoms with Crippen molar-refractivity contribution in [1.29, 1.82) is 0 Å². The number of anilines is 3. The van der Waals surface area contributed by atoms with Gasteiger partial charge in [-0.25, -0.2) is 0 Å². The first-order chi connectivity index (χ1) is 9.87. The van der Waals surface area contributed by atoms with E-state index in [1.165, 1.54) is 4.90 Å². The van der Waals surface area contributed by atoms with Crippen molar-refractivity contribution in [2.75, 3.05) is 17.3 Å². The van der Waals surface area contributed by atoms with Crippen molar-refractivity contribution in [3.63, 3.8) is 0 Å². The second-order valence-electron chi connectivity index (χ2n) is 5.66. The number of nitrogens with zero attached hydrogens (tertiary/aromatic N) is 1. The molecule has 5 heteroatoms. The molecule has 0 aliphatic carbocycles. The van der Waals surface area contributed by atoms with Gasteiger partial charge in [0.2, 0.25) is 5.88 Å². The van der Waals surface area contributed by atoms with Crippen LogP contribution in [0.3, 0.4) is 0 Å². The molecular weight excluding hydrogens is 282 g/mol. The molecule has 0 aliphatic heterocycles. The van der Waals surface area contributed by atoms with E-state index >= 15 is 0 Å². The molecule has 21 heavy (non-hydrogen) atoms.